The summed E-state index contributed by atoms with van der Waals surface area (Å²) in [5, 5.41) is 7.15. The third kappa shape index (κ3) is 8.93. The van der Waals surface area contributed by atoms with Gasteiger partial charge in [0, 0.05) is 77.1 Å². The number of nitrogens with one attached hydrogen (secondary N) is 2. The molecule has 6 nitrogen and oxygen atoms in total. The summed E-state index contributed by atoms with van der Waals surface area (Å²) in [6.07, 6.45) is 7.85. The minimum atomic E-state index is 0. The standard InChI is InChI=1S/C20H41N5OS.HI/c1-21-19(22-10-12-24(2)11-7-15-26-3)23-18-20(8-5-4-6-9-20)25-13-16-27-17-14-25;/h4-18H2,1-3H3,(H2,21,22,23);1H. The van der Waals surface area contributed by atoms with Gasteiger partial charge in [-0.15, -0.1) is 24.0 Å². The average Bonchev–Trinajstić information content (AvgIpc) is 2.72. The van der Waals surface area contributed by atoms with Crippen molar-refractivity contribution in [2.75, 3.05) is 78.6 Å². The summed E-state index contributed by atoms with van der Waals surface area (Å²) in [5.74, 6) is 3.51. The third-order valence-corrected chi connectivity index (χ3v) is 6.89. The summed E-state index contributed by atoms with van der Waals surface area (Å²) in [6, 6.07) is 0. The first-order valence-corrected chi connectivity index (χ1v) is 11.8. The van der Waals surface area contributed by atoms with Crippen LogP contribution in [0.1, 0.15) is 38.5 Å². The zero-order chi connectivity index (χ0) is 19.4. The maximum atomic E-state index is 5.12. The Morgan fingerprint density at radius 2 is 1.86 bits per heavy atom. The Bertz CT molecular complexity index is 429. The van der Waals surface area contributed by atoms with Gasteiger partial charge in [-0.2, -0.15) is 11.8 Å². The quantitative estimate of drug-likeness (QED) is 0.197. The van der Waals surface area contributed by atoms with Crippen LogP contribution in [0.3, 0.4) is 0 Å². The second kappa shape index (κ2) is 15.1. The van der Waals surface area contributed by atoms with Crippen LogP contribution in [-0.2, 0) is 4.74 Å². The van der Waals surface area contributed by atoms with Crippen molar-refractivity contribution in [1.82, 2.24) is 20.4 Å². The molecular weight excluding hydrogens is 485 g/mol. The summed E-state index contributed by atoms with van der Waals surface area (Å²) < 4.78 is 5.12. The predicted molar refractivity (Wildman–Crippen MR) is 133 cm³/mol. The van der Waals surface area contributed by atoms with Crippen LogP contribution in [0.25, 0.3) is 0 Å². The molecule has 2 fully saturated rings. The first kappa shape index (κ1) is 26.3. The molecule has 0 bridgehead atoms. The van der Waals surface area contributed by atoms with Gasteiger partial charge in [0.1, 0.15) is 0 Å². The van der Waals surface area contributed by atoms with Crippen molar-refractivity contribution in [2.45, 2.75) is 44.1 Å². The normalized spacial score (nSPS) is 20.6. The van der Waals surface area contributed by atoms with Gasteiger partial charge >= 0.3 is 0 Å². The number of thioether (sulfide) groups is 1. The second-order valence-corrected chi connectivity index (χ2v) is 9.11. The summed E-state index contributed by atoms with van der Waals surface area (Å²) in [4.78, 5) is 9.57. The maximum Gasteiger partial charge on any atom is 0.191 e. The summed E-state index contributed by atoms with van der Waals surface area (Å²) in [5.41, 5.74) is 0.327. The number of likely N-dealkylation sites (N-methyl/N-ethyl adjacent to an activating group) is 1. The van der Waals surface area contributed by atoms with Crippen LogP contribution in [0.2, 0.25) is 0 Å². The Labute approximate surface area is 194 Å². The molecule has 0 aromatic heterocycles. The molecule has 2 aliphatic rings. The highest BCUT2D eigenvalue weighted by molar-refractivity contribution is 14.0. The molecule has 0 spiro atoms. The highest BCUT2D eigenvalue weighted by Gasteiger charge is 2.38. The van der Waals surface area contributed by atoms with Crippen molar-refractivity contribution in [3.8, 4) is 0 Å². The van der Waals surface area contributed by atoms with Gasteiger partial charge in [0.05, 0.1) is 0 Å². The van der Waals surface area contributed by atoms with Crippen molar-refractivity contribution in [3.63, 3.8) is 0 Å². The minimum Gasteiger partial charge on any atom is -0.385 e. The van der Waals surface area contributed by atoms with E-state index >= 15 is 0 Å². The molecule has 1 aliphatic carbocycles. The van der Waals surface area contributed by atoms with Crippen LogP contribution in [0.4, 0.5) is 0 Å². The van der Waals surface area contributed by atoms with E-state index in [0.29, 0.717) is 5.54 Å². The Morgan fingerprint density at radius 1 is 1.14 bits per heavy atom. The van der Waals surface area contributed by atoms with E-state index in [1.54, 1.807) is 7.11 Å². The number of hydrogen-bond donors (Lipinski definition) is 2. The van der Waals surface area contributed by atoms with Crippen molar-refractivity contribution >= 4 is 41.7 Å². The molecular formula is C20H42IN5OS. The number of hydrogen-bond acceptors (Lipinski definition) is 5. The molecule has 0 aromatic carbocycles. The van der Waals surface area contributed by atoms with Gasteiger partial charge in [-0.1, -0.05) is 19.3 Å². The summed E-state index contributed by atoms with van der Waals surface area (Å²) in [7, 11) is 5.81. The van der Waals surface area contributed by atoms with Crippen molar-refractivity contribution in [1.29, 1.82) is 0 Å². The number of nitrogens with zero attached hydrogens (tertiary/aromatic N) is 3. The average molecular weight is 528 g/mol. The highest BCUT2D eigenvalue weighted by atomic mass is 127. The van der Waals surface area contributed by atoms with E-state index in [0.717, 1.165) is 45.2 Å². The lowest BCUT2D eigenvalue weighted by molar-refractivity contribution is 0.0626. The lowest BCUT2D eigenvalue weighted by Gasteiger charge is -2.48. The number of methoxy groups -OCH3 is 1. The van der Waals surface area contributed by atoms with Crippen LogP contribution < -0.4 is 10.6 Å². The number of ether oxygens (including phenoxy) is 1. The van der Waals surface area contributed by atoms with Gasteiger partial charge in [0.15, 0.2) is 5.96 Å². The Balaban J connectivity index is 0.00000392. The first-order chi connectivity index (χ1) is 13.2. The van der Waals surface area contributed by atoms with E-state index in [1.807, 2.05) is 7.05 Å². The lowest BCUT2D eigenvalue weighted by atomic mass is 9.80. The zero-order valence-corrected chi connectivity index (χ0v) is 21.3. The smallest absolute Gasteiger partial charge is 0.191 e. The van der Waals surface area contributed by atoms with Crippen molar-refractivity contribution in [3.05, 3.63) is 0 Å². The molecule has 0 unspecified atom stereocenters. The van der Waals surface area contributed by atoms with Gasteiger partial charge in [0.2, 0.25) is 0 Å². The molecule has 8 heteroatoms. The van der Waals surface area contributed by atoms with Gasteiger partial charge < -0.3 is 20.3 Å². The fourth-order valence-corrected chi connectivity index (χ4v) is 5.18. The largest absolute Gasteiger partial charge is 0.385 e. The van der Waals surface area contributed by atoms with E-state index < -0.39 is 0 Å². The molecule has 1 saturated carbocycles. The minimum absolute atomic E-state index is 0. The molecule has 1 heterocycles. The molecule has 28 heavy (non-hydrogen) atoms. The topological polar surface area (TPSA) is 52.1 Å². The van der Waals surface area contributed by atoms with Gasteiger partial charge in [-0.25, -0.2) is 0 Å². The van der Waals surface area contributed by atoms with Gasteiger partial charge in [-0.05, 0) is 26.3 Å². The van der Waals surface area contributed by atoms with Gasteiger partial charge in [-0.3, -0.25) is 9.89 Å². The molecule has 0 radical (unpaired) electrons. The van der Waals surface area contributed by atoms with Crippen molar-refractivity contribution in [2.24, 2.45) is 4.99 Å². The fourth-order valence-electron chi connectivity index (χ4n) is 4.28. The molecule has 0 atom stereocenters. The molecule has 2 rings (SSSR count). The number of guanidine groups is 1. The van der Waals surface area contributed by atoms with E-state index in [-0.39, 0.29) is 24.0 Å². The Morgan fingerprint density at radius 3 is 2.50 bits per heavy atom. The molecule has 166 valence electrons. The number of aliphatic imine (C=N–C) groups is 1. The molecule has 0 amide bonds. The van der Waals surface area contributed by atoms with E-state index in [4.69, 9.17) is 4.74 Å². The molecule has 0 aromatic rings. The molecule has 2 N–H and O–H groups in total. The Hall–Kier alpha value is 0.230. The lowest BCUT2D eigenvalue weighted by Crippen LogP contribution is -2.60. The molecule has 1 saturated heterocycles. The number of halogens is 1. The monoisotopic (exact) mass is 527 g/mol. The second-order valence-electron chi connectivity index (χ2n) is 7.89. The highest BCUT2D eigenvalue weighted by Crippen LogP contribution is 2.34. The van der Waals surface area contributed by atoms with E-state index in [9.17, 15) is 0 Å². The predicted octanol–water partition coefficient (Wildman–Crippen LogP) is 2.49. The first-order valence-electron chi connectivity index (χ1n) is 10.6. The number of rotatable bonds is 10. The van der Waals surface area contributed by atoms with Crippen LogP contribution in [-0.4, -0.2) is 99.9 Å². The van der Waals surface area contributed by atoms with Crippen LogP contribution >= 0.6 is 35.7 Å². The van der Waals surface area contributed by atoms with Gasteiger partial charge in [0.25, 0.3) is 0 Å². The zero-order valence-electron chi connectivity index (χ0n) is 18.2. The van der Waals surface area contributed by atoms with E-state index in [2.05, 4.69) is 44.2 Å². The van der Waals surface area contributed by atoms with Crippen LogP contribution in [0.5, 0.6) is 0 Å². The van der Waals surface area contributed by atoms with Crippen LogP contribution in [0, 0.1) is 0 Å². The fraction of sp³-hybridized carbons (Fsp3) is 0.950. The van der Waals surface area contributed by atoms with E-state index in [1.165, 1.54) is 56.7 Å². The van der Waals surface area contributed by atoms with Crippen LogP contribution in [0.15, 0.2) is 4.99 Å². The maximum absolute atomic E-state index is 5.12. The Kier molecular flexibility index (Phi) is 14.2. The third-order valence-electron chi connectivity index (χ3n) is 5.95. The SMILES string of the molecule is CN=C(NCCN(C)CCCOC)NCC1(N2CCSCC2)CCCCC1.I. The summed E-state index contributed by atoms with van der Waals surface area (Å²) >= 11 is 2.10. The summed E-state index contributed by atoms with van der Waals surface area (Å²) in [6.45, 7) is 7.32. The van der Waals surface area contributed by atoms with Crippen molar-refractivity contribution < 1.29 is 4.74 Å². The molecule has 1 aliphatic heterocycles.